The van der Waals surface area contributed by atoms with Gasteiger partial charge >= 0.3 is 5.97 Å². The fourth-order valence-corrected chi connectivity index (χ4v) is 4.25. The number of ether oxygens (including phenoxy) is 1. The maximum absolute atomic E-state index is 12.7. The maximum atomic E-state index is 12.7. The zero-order valence-corrected chi connectivity index (χ0v) is 13.4. The molecule has 3 rings (SSSR count). The van der Waals surface area contributed by atoms with Crippen molar-refractivity contribution in [2.45, 2.75) is 16.7 Å². The van der Waals surface area contributed by atoms with Crippen molar-refractivity contribution >= 4 is 38.2 Å². The number of thiophene rings is 1. The summed E-state index contributed by atoms with van der Waals surface area (Å²) in [4.78, 5) is 17.8. The van der Waals surface area contributed by atoms with Gasteiger partial charge in [0.05, 0.1) is 27.0 Å². The standard InChI is InChI=1S/C16H13NO3S2/c1-2-20-16(18)13-8-12-14(21-13)9-17-10-15(12)22(19)11-6-4-3-5-7-11/h3-10H,2H2,1H3. The summed E-state index contributed by atoms with van der Waals surface area (Å²) in [6, 6.07) is 10.9. The van der Waals surface area contributed by atoms with Gasteiger partial charge < -0.3 is 4.74 Å². The van der Waals surface area contributed by atoms with Crippen molar-refractivity contribution in [3.05, 3.63) is 53.7 Å². The summed E-state index contributed by atoms with van der Waals surface area (Å²) >= 11 is 1.30. The molecule has 3 aromatic rings. The molecule has 0 aliphatic rings. The van der Waals surface area contributed by atoms with Crippen molar-refractivity contribution < 1.29 is 13.7 Å². The van der Waals surface area contributed by atoms with Crippen molar-refractivity contribution in [2.75, 3.05) is 6.61 Å². The van der Waals surface area contributed by atoms with Crippen LogP contribution in [0.5, 0.6) is 0 Å². The molecule has 4 nitrogen and oxygen atoms in total. The lowest BCUT2D eigenvalue weighted by atomic mass is 10.3. The van der Waals surface area contributed by atoms with Crippen LogP contribution < -0.4 is 0 Å². The molecule has 0 saturated carbocycles. The zero-order chi connectivity index (χ0) is 15.5. The number of pyridine rings is 1. The van der Waals surface area contributed by atoms with Crippen molar-refractivity contribution in [1.82, 2.24) is 4.98 Å². The lowest BCUT2D eigenvalue weighted by Gasteiger charge is -2.03. The van der Waals surface area contributed by atoms with Gasteiger partial charge in [-0.05, 0) is 25.1 Å². The van der Waals surface area contributed by atoms with Crippen LogP contribution in [-0.2, 0) is 15.5 Å². The SMILES string of the molecule is CCOC(=O)c1cc2c(S(=O)c3ccccc3)cncc2s1. The average molecular weight is 331 g/mol. The third kappa shape index (κ3) is 2.80. The largest absolute Gasteiger partial charge is 0.462 e. The van der Waals surface area contributed by atoms with Crippen LogP contribution >= 0.6 is 11.3 Å². The predicted molar refractivity (Wildman–Crippen MR) is 86.7 cm³/mol. The maximum Gasteiger partial charge on any atom is 0.348 e. The number of carbonyl (C=O) groups is 1. The average Bonchev–Trinajstić information content (AvgIpc) is 2.99. The number of nitrogens with zero attached hydrogens (tertiary/aromatic N) is 1. The molecule has 112 valence electrons. The third-order valence-electron chi connectivity index (χ3n) is 3.04. The van der Waals surface area contributed by atoms with Gasteiger partial charge in [-0.25, -0.2) is 9.00 Å². The van der Waals surface area contributed by atoms with E-state index in [4.69, 9.17) is 4.74 Å². The molecule has 1 atom stereocenters. The second-order valence-corrected chi connectivity index (χ2v) is 6.99. The Morgan fingerprint density at radius 3 is 2.77 bits per heavy atom. The fraction of sp³-hybridized carbons (Fsp3) is 0.125. The summed E-state index contributed by atoms with van der Waals surface area (Å²) in [6.45, 7) is 2.09. The molecule has 0 aliphatic carbocycles. The monoisotopic (exact) mass is 331 g/mol. The van der Waals surface area contributed by atoms with Crippen LogP contribution in [0.1, 0.15) is 16.6 Å². The summed E-state index contributed by atoms with van der Waals surface area (Å²) < 4.78 is 18.6. The van der Waals surface area contributed by atoms with Crippen LogP contribution in [0.25, 0.3) is 10.1 Å². The first kappa shape index (κ1) is 14.9. The van der Waals surface area contributed by atoms with E-state index < -0.39 is 10.8 Å². The minimum atomic E-state index is -1.33. The number of carbonyl (C=O) groups excluding carboxylic acids is 1. The highest BCUT2D eigenvalue weighted by Crippen LogP contribution is 2.31. The Kier molecular flexibility index (Phi) is 4.31. The molecule has 0 fully saturated rings. The van der Waals surface area contributed by atoms with Crippen molar-refractivity contribution in [1.29, 1.82) is 0 Å². The van der Waals surface area contributed by atoms with E-state index in [1.54, 1.807) is 25.4 Å². The summed E-state index contributed by atoms with van der Waals surface area (Å²) in [6.07, 6.45) is 3.27. The molecule has 0 saturated heterocycles. The van der Waals surface area contributed by atoms with Crippen molar-refractivity contribution in [3.8, 4) is 0 Å². The van der Waals surface area contributed by atoms with E-state index in [0.717, 1.165) is 10.1 Å². The van der Waals surface area contributed by atoms with Gasteiger partial charge in [-0.1, -0.05) is 18.2 Å². The van der Waals surface area contributed by atoms with Crippen LogP contribution in [-0.4, -0.2) is 21.8 Å². The van der Waals surface area contributed by atoms with Crippen molar-refractivity contribution in [3.63, 3.8) is 0 Å². The van der Waals surface area contributed by atoms with E-state index in [1.807, 2.05) is 30.3 Å². The van der Waals surface area contributed by atoms with E-state index >= 15 is 0 Å². The number of fused-ring (bicyclic) bond motifs is 1. The summed E-state index contributed by atoms with van der Waals surface area (Å²) in [5.41, 5.74) is 0. The molecule has 0 spiro atoms. The number of esters is 1. The van der Waals surface area contributed by atoms with Gasteiger partial charge in [-0.2, -0.15) is 0 Å². The highest BCUT2D eigenvalue weighted by molar-refractivity contribution is 7.85. The first-order valence-electron chi connectivity index (χ1n) is 6.72. The number of hydrogen-bond acceptors (Lipinski definition) is 5. The highest BCUT2D eigenvalue weighted by atomic mass is 32.2. The summed E-state index contributed by atoms with van der Waals surface area (Å²) in [5, 5.41) is 0.783. The van der Waals surface area contributed by atoms with E-state index in [9.17, 15) is 9.00 Å². The van der Waals surface area contributed by atoms with E-state index in [1.165, 1.54) is 11.3 Å². The van der Waals surface area contributed by atoms with Gasteiger partial charge in [-0.15, -0.1) is 11.3 Å². The van der Waals surface area contributed by atoms with Crippen molar-refractivity contribution in [2.24, 2.45) is 0 Å². The molecule has 0 aliphatic heterocycles. The normalized spacial score (nSPS) is 12.2. The molecule has 22 heavy (non-hydrogen) atoms. The molecule has 1 unspecified atom stereocenters. The minimum absolute atomic E-state index is 0.328. The number of hydrogen-bond donors (Lipinski definition) is 0. The Balaban J connectivity index is 2.07. The van der Waals surface area contributed by atoms with Crippen LogP contribution in [0.4, 0.5) is 0 Å². The minimum Gasteiger partial charge on any atom is -0.462 e. The second-order valence-electron chi connectivity index (χ2n) is 4.46. The lowest BCUT2D eigenvalue weighted by Crippen LogP contribution is -2.01. The molecule has 1 aromatic carbocycles. The zero-order valence-electron chi connectivity index (χ0n) is 11.8. The van der Waals surface area contributed by atoms with Crippen LogP contribution in [0.15, 0.2) is 58.6 Å². The summed E-state index contributed by atoms with van der Waals surface area (Å²) in [5.74, 6) is -0.361. The van der Waals surface area contributed by atoms with Crippen LogP contribution in [0.2, 0.25) is 0 Å². The first-order valence-corrected chi connectivity index (χ1v) is 8.69. The first-order chi connectivity index (χ1) is 10.7. The molecule has 6 heteroatoms. The van der Waals surface area contributed by atoms with Crippen LogP contribution in [0.3, 0.4) is 0 Å². The fourth-order valence-electron chi connectivity index (χ4n) is 2.06. The summed E-state index contributed by atoms with van der Waals surface area (Å²) in [7, 11) is -1.33. The predicted octanol–water partition coefficient (Wildman–Crippen LogP) is 3.64. The smallest absolute Gasteiger partial charge is 0.348 e. The number of aromatic nitrogens is 1. The molecule has 0 N–H and O–H groups in total. The number of rotatable bonds is 4. The Hall–Kier alpha value is -2.05. The van der Waals surface area contributed by atoms with Crippen LogP contribution in [0, 0.1) is 0 Å². The van der Waals surface area contributed by atoms with Gasteiger partial charge in [0.15, 0.2) is 0 Å². The van der Waals surface area contributed by atoms with Gasteiger partial charge in [0.25, 0.3) is 0 Å². The van der Waals surface area contributed by atoms with Gasteiger partial charge in [0.1, 0.15) is 4.88 Å². The topological polar surface area (TPSA) is 56.3 Å². The second kappa shape index (κ2) is 6.37. The van der Waals surface area contributed by atoms with E-state index in [0.29, 0.717) is 21.3 Å². The van der Waals surface area contributed by atoms with E-state index in [2.05, 4.69) is 4.98 Å². The Labute approximate surface area is 134 Å². The molecular weight excluding hydrogens is 318 g/mol. The Bertz CT molecular complexity index is 843. The molecule has 0 amide bonds. The molecule has 2 heterocycles. The van der Waals surface area contributed by atoms with E-state index in [-0.39, 0.29) is 5.97 Å². The molecule has 2 aromatic heterocycles. The number of benzene rings is 1. The quantitative estimate of drug-likeness (QED) is 0.685. The third-order valence-corrected chi connectivity index (χ3v) is 5.52. The Morgan fingerprint density at radius 2 is 2.05 bits per heavy atom. The van der Waals surface area contributed by atoms with Gasteiger partial charge in [-0.3, -0.25) is 4.98 Å². The highest BCUT2D eigenvalue weighted by Gasteiger charge is 2.17. The molecule has 0 bridgehead atoms. The van der Waals surface area contributed by atoms with Gasteiger partial charge in [0.2, 0.25) is 0 Å². The molecule has 0 radical (unpaired) electrons. The Morgan fingerprint density at radius 1 is 1.27 bits per heavy atom. The lowest BCUT2D eigenvalue weighted by molar-refractivity contribution is 0.0532. The van der Waals surface area contributed by atoms with Gasteiger partial charge in [0, 0.05) is 22.7 Å². The molecular formula is C16H13NO3S2.